The van der Waals surface area contributed by atoms with Crippen molar-refractivity contribution in [1.82, 2.24) is 0 Å². The van der Waals surface area contributed by atoms with E-state index >= 15 is 0 Å². The van der Waals surface area contributed by atoms with E-state index in [4.69, 9.17) is 33.7 Å². The fraction of sp³-hybridized carbons (Fsp3) is 0.250. The molecule has 0 fully saturated rings. The van der Waals surface area contributed by atoms with Crippen molar-refractivity contribution >= 4 is 29.0 Å². The largest absolute Gasteiger partial charge is 0.444 e. The lowest BCUT2D eigenvalue weighted by Gasteiger charge is -2.31. The lowest BCUT2D eigenvalue weighted by atomic mass is 9.77. The molecule has 1 aromatic carbocycles. The molecule has 0 unspecified atom stereocenters. The summed E-state index contributed by atoms with van der Waals surface area (Å²) in [6, 6.07) is 7.10. The molecule has 2 aliphatic rings. The Morgan fingerprint density at radius 1 is 1.27 bits per heavy atom. The number of Topliss-reactive ketones (excluding diaryl/α,β-unsaturated/α-hetero) is 1. The third-order valence-electron chi connectivity index (χ3n) is 3.89. The molecule has 1 aliphatic heterocycles. The second-order valence-corrected chi connectivity index (χ2v) is 5.99. The lowest BCUT2D eigenvalue weighted by molar-refractivity contribution is -0.116. The van der Waals surface area contributed by atoms with Crippen molar-refractivity contribution in [2.24, 2.45) is 5.73 Å². The summed E-state index contributed by atoms with van der Waals surface area (Å²) >= 11 is 12.6. The molecule has 1 atom stereocenters. The molecule has 0 saturated carbocycles. The molecule has 6 heteroatoms. The molecule has 0 bridgehead atoms. The molecule has 4 nitrogen and oxygen atoms in total. The maximum atomic E-state index is 12.4. The molecule has 0 radical (unpaired) electrons. The van der Waals surface area contributed by atoms with Crippen molar-refractivity contribution in [2.75, 3.05) is 0 Å². The number of nitriles is 1. The van der Waals surface area contributed by atoms with Crippen LogP contribution in [-0.2, 0) is 9.53 Å². The molecule has 22 heavy (non-hydrogen) atoms. The van der Waals surface area contributed by atoms with Gasteiger partial charge in [-0.25, -0.2) is 0 Å². The Labute approximate surface area is 137 Å². The number of hydrogen-bond donors (Lipinski definition) is 1. The summed E-state index contributed by atoms with van der Waals surface area (Å²) < 4.78 is 5.50. The van der Waals surface area contributed by atoms with E-state index in [1.807, 2.05) is 6.07 Å². The third kappa shape index (κ3) is 2.27. The summed E-state index contributed by atoms with van der Waals surface area (Å²) in [5.74, 6) is -0.184. The number of nitrogens with zero attached hydrogens (tertiary/aromatic N) is 1. The Hall–Kier alpha value is -1.96. The Kier molecular flexibility index (Phi) is 3.86. The number of ether oxygens (including phenoxy) is 1. The van der Waals surface area contributed by atoms with Crippen molar-refractivity contribution in [3.8, 4) is 6.07 Å². The van der Waals surface area contributed by atoms with E-state index in [2.05, 4.69) is 0 Å². The van der Waals surface area contributed by atoms with Gasteiger partial charge in [-0.1, -0.05) is 29.3 Å². The predicted octanol–water partition coefficient (Wildman–Crippen LogP) is 3.81. The van der Waals surface area contributed by atoms with Gasteiger partial charge in [0.15, 0.2) is 5.78 Å². The number of nitrogens with two attached hydrogens (primary N) is 1. The number of allylic oxidation sites excluding steroid dienone is 3. The highest BCUT2D eigenvalue weighted by Gasteiger charge is 2.39. The van der Waals surface area contributed by atoms with E-state index in [0.717, 1.165) is 0 Å². The molecular weight excluding hydrogens is 323 g/mol. The van der Waals surface area contributed by atoms with Crippen molar-refractivity contribution in [3.63, 3.8) is 0 Å². The summed E-state index contributed by atoms with van der Waals surface area (Å²) in [5, 5.41) is 10.3. The molecule has 2 N–H and O–H groups in total. The minimum Gasteiger partial charge on any atom is -0.444 e. The second kappa shape index (κ2) is 5.68. The Morgan fingerprint density at radius 2 is 1.95 bits per heavy atom. The first-order valence-corrected chi connectivity index (χ1v) is 7.58. The number of hydrogen-bond acceptors (Lipinski definition) is 4. The van der Waals surface area contributed by atoms with E-state index in [1.54, 1.807) is 18.2 Å². The summed E-state index contributed by atoms with van der Waals surface area (Å²) in [6.07, 6.45) is 1.73. The standard InChI is InChI=1S/C16H12Cl2N2O2/c17-9-3-1-4-10(18)14(9)13-8(7-19)16(20)22-12-6-2-5-11(21)15(12)13/h1,3-4,13H,2,5-6,20H2/t13-/m0/s1. The van der Waals surface area contributed by atoms with Gasteiger partial charge in [0.2, 0.25) is 5.88 Å². The molecule has 0 saturated heterocycles. The molecule has 0 aromatic heterocycles. The summed E-state index contributed by atoms with van der Waals surface area (Å²) in [7, 11) is 0. The maximum Gasteiger partial charge on any atom is 0.205 e. The molecule has 1 aliphatic carbocycles. The third-order valence-corrected chi connectivity index (χ3v) is 4.55. The first-order chi connectivity index (χ1) is 10.5. The Morgan fingerprint density at radius 3 is 2.59 bits per heavy atom. The monoisotopic (exact) mass is 334 g/mol. The summed E-state index contributed by atoms with van der Waals surface area (Å²) in [5.41, 5.74) is 7.02. The highest BCUT2D eigenvalue weighted by atomic mass is 35.5. The summed E-state index contributed by atoms with van der Waals surface area (Å²) in [4.78, 5) is 12.4. The number of benzene rings is 1. The van der Waals surface area contributed by atoms with Crippen LogP contribution in [0.4, 0.5) is 0 Å². The predicted molar refractivity (Wildman–Crippen MR) is 83.0 cm³/mol. The maximum absolute atomic E-state index is 12.4. The molecular formula is C16H12Cl2N2O2. The normalized spacial score (nSPS) is 21.3. The zero-order valence-corrected chi connectivity index (χ0v) is 13.0. The van der Waals surface area contributed by atoms with Gasteiger partial charge in [-0.15, -0.1) is 0 Å². The van der Waals surface area contributed by atoms with Gasteiger partial charge in [0, 0.05) is 34.0 Å². The van der Waals surface area contributed by atoms with Gasteiger partial charge < -0.3 is 10.5 Å². The van der Waals surface area contributed by atoms with E-state index in [0.29, 0.717) is 46.2 Å². The number of carbonyl (C=O) groups excluding carboxylic acids is 1. The van der Waals surface area contributed by atoms with Crippen LogP contribution in [0.2, 0.25) is 10.0 Å². The van der Waals surface area contributed by atoms with Crippen molar-refractivity contribution in [2.45, 2.75) is 25.2 Å². The van der Waals surface area contributed by atoms with Crippen molar-refractivity contribution in [1.29, 1.82) is 5.26 Å². The molecule has 1 aromatic rings. The quantitative estimate of drug-likeness (QED) is 0.847. The van der Waals surface area contributed by atoms with Gasteiger partial charge in [0.1, 0.15) is 17.4 Å². The van der Waals surface area contributed by atoms with Crippen LogP contribution >= 0.6 is 23.2 Å². The Balaban J connectivity index is 2.28. The SMILES string of the molecule is N#CC1=C(N)OC2=C(C(=O)CCC2)[C@@H]1c1c(Cl)cccc1Cl. The number of halogens is 2. The van der Waals surface area contributed by atoms with Gasteiger partial charge in [0.05, 0.1) is 5.92 Å². The van der Waals surface area contributed by atoms with E-state index in [-0.39, 0.29) is 17.2 Å². The average Bonchev–Trinajstić information content (AvgIpc) is 2.46. The molecule has 112 valence electrons. The second-order valence-electron chi connectivity index (χ2n) is 5.17. The number of ketones is 1. The zero-order valence-electron chi connectivity index (χ0n) is 11.5. The fourth-order valence-electron chi connectivity index (χ4n) is 2.93. The van der Waals surface area contributed by atoms with Crippen LogP contribution < -0.4 is 5.73 Å². The van der Waals surface area contributed by atoms with Crippen LogP contribution in [0.15, 0.2) is 41.0 Å². The molecule has 3 rings (SSSR count). The smallest absolute Gasteiger partial charge is 0.205 e. The summed E-state index contributed by atoms with van der Waals surface area (Å²) in [6.45, 7) is 0. The number of carbonyl (C=O) groups is 1. The fourth-order valence-corrected chi connectivity index (χ4v) is 3.55. The van der Waals surface area contributed by atoms with Crippen LogP contribution in [0.5, 0.6) is 0 Å². The van der Waals surface area contributed by atoms with Crippen LogP contribution in [-0.4, -0.2) is 5.78 Å². The first kappa shape index (κ1) is 15.0. The highest BCUT2D eigenvalue weighted by Crippen LogP contribution is 2.47. The first-order valence-electron chi connectivity index (χ1n) is 6.82. The molecule has 1 heterocycles. The van der Waals surface area contributed by atoms with Crippen LogP contribution in [0.3, 0.4) is 0 Å². The van der Waals surface area contributed by atoms with Gasteiger partial charge in [-0.3, -0.25) is 4.79 Å². The minimum absolute atomic E-state index is 0.0111. The molecule has 0 amide bonds. The highest BCUT2D eigenvalue weighted by molar-refractivity contribution is 6.36. The van der Waals surface area contributed by atoms with Crippen LogP contribution in [0.1, 0.15) is 30.7 Å². The van der Waals surface area contributed by atoms with Gasteiger partial charge in [-0.05, 0) is 18.6 Å². The van der Waals surface area contributed by atoms with Crippen molar-refractivity contribution < 1.29 is 9.53 Å². The van der Waals surface area contributed by atoms with E-state index in [9.17, 15) is 10.1 Å². The molecule has 0 spiro atoms. The van der Waals surface area contributed by atoms with Gasteiger partial charge in [-0.2, -0.15) is 5.26 Å². The average molecular weight is 335 g/mol. The Bertz CT molecular complexity index is 755. The van der Waals surface area contributed by atoms with E-state index < -0.39 is 5.92 Å². The topological polar surface area (TPSA) is 76.1 Å². The zero-order chi connectivity index (χ0) is 15.9. The number of rotatable bonds is 1. The lowest BCUT2D eigenvalue weighted by Crippen LogP contribution is -2.27. The van der Waals surface area contributed by atoms with Gasteiger partial charge in [0.25, 0.3) is 0 Å². The van der Waals surface area contributed by atoms with Gasteiger partial charge >= 0.3 is 0 Å². The van der Waals surface area contributed by atoms with Crippen LogP contribution in [0.25, 0.3) is 0 Å². The van der Waals surface area contributed by atoms with Crippen molar-refractivity contribution in [3.05, 3.63) is 56.6 Å². The van der Waals surface area contributed by atoms with E-state index in [1.165, 1.54) is 0 Å². The van der Waals surface area contributed by atoms with Crippen LogP contribution in [0, 0.1) is 11.3 Å². The minimum atomic E-state index is -0.664.